The van der Waals surface area contributed by atoms with E-state index in [0.717, 1.165) is 29.8 Å². The number of carboxylic acid groups (broad SMARTS) is 1. The molecule has 5 rings (SSSR count). The highest BCUT2D eigenvalue weighted by molar-refractivity contribution is 6.17. The predicted octanol–water partition coefficient (Wildman–Crippen LogP) is 5.22. The van der Waals surface area contributed by atoms with Crippen molar-refractivity contribution in [1.82, 2.24) is 9.80 Å². The molecule has 3 atom stereocenters. The summed E-state index contributed by atoms with van der Waals surface area (Å²) in [5.74, 6) is -2.78. The van der Waals surface area contributed by atoms with E-state index in [-0.39, 0.29) is 37.4 Å². The summed E-state index contributed by atoms with van der Waals surface area (Å²) in [4.78, 5) is 59.8. The molecule has 3 aromatic carbocycles. The summed E-state index contributed by atoms with van der Waals surface area (Å²) in [6.07, 6.45) is 0.735. The first kappa shape index (κ1) is 32.6. The fraction of sp³-hybridized carbons (Fsp3) is 0.361. The number of cyclic esters (lactones) is 1. The van der Waals surface area contributed by atoms with E-state index >= 15 is 0 Å². The number of amides is 3. The van der Waals surface area contributed by atoms with Crippen LogP contribution >= 0.6 is 0 Å². The van der Waals surface area contributed by atoms with E-state index in [1.165, 1.54) is 0 Å². The van der Waals surface area contributed by atoms with Crippen LogP contribution in [0.4, 0.5) is 10.5 Å². The second kappa shape index (κ2) is 15.0. The van der Waals surface area contributed by atoms with Gasteiger partial charge in [-0.25, -0.2) is 14.5 Å². The molecule has 2 fully saturated rings. The number of carboxylic acids is 1. The van der Waals surface area contributed by atoms with Crippen LogP contribution in [0.15, 0.2) is 89.9 Å². The van der Waals surface area contributed by atoms with Gasteiger partial charge in [-0.1, -0.05) is 92.7 Å². The van der Waals surface area contributed by atoms with Gasteiger partial charge in [-0.15, -0.1) is 0 Å². The van der Waals surface area contributed by atoms with Gasteiger partial charge in [0.2, 0.25) is 11.8 Å². The van der Waals surface area contributed by atoms with Crippen LogP contribution in [0.3, 0.4) is 0 Å². The second-order valence-corrected chi connectivity index (χ2v) is 12.0. The summed E-state index contributed by atoms with van der Waals surface area (Å²) in [7, 11) is 0. The number of aliphatic carboxylic acids is 1. The Labute approximate surface area is 269 Å². The first-order valence-corrected chi connectivity index (χ1v) is 15.7. The molecular weight excluding hydrogens is 584 g/mol. The first-order valence-electron chi connectivity index (χ1n) is 15.7. The van der Waals surface area contributed by atoms with E-state index in [0.29, 0.717) is 29.1 Å². The van der Waals surface area contributed by atoms with Gasteiger partial charge in [-0.3, -0.25) is 19.5 Å². The number of aliphatic imine (C=N–C) groups is 1. The Kier molecular flexibility index (Phi) is 10.6. The summed E-state index contributed by atoms with van der Waals surface area (Å²) in [5, 5.41) is 13.6. The minimum absolute atomic E-state index is 0.114. The van der Waals surface area contributed by atoms with Gasteiger partial charge >= 0.3 is 12.1 Å². The number of nitrogens with one attached hydrogen (secondary N) is 1. The molecule has 46 heavy (non-hydrogen) atoms. The van der Waals surface area contributed by atoms with E-state index in [9.17, 15) is 24.3 Å². The maximum Gasteiger partial charge on any atom is 0.416 e. The SMILES string of the molecule is CC(C)[C@@H](CC(=O)N1CCOC1=O)[C@@H](N=C(c1ccccc1)c1ccccc1NC(=O)[C@@H]1CCCN1Cc1ccccc1)C(=O)O. The fourth-order valence-electron chi connectivity index (χ4n) is 6.16. The third-order valence-corrected chi connectivity index (χ3v) is 8.64. The number of para-hydroxylation sites is 1. The lowest BCUT2D eigenvalue weighted by molar-refractivity contribution is -0.141. The number of carbonyl (C=O) groups excluding carboxylic acids is 3. The molecule has 10 heteroatoms. The third-order valence-electron chi connectivity index (χ3n) is 8.64. The van der Waals surface area contributed by atoms with Crippen molar-refractivity contribution in [2.75, 3.05) is 25.0 Å². The van der Waals surface area contributed by atoms with Crippen molar-refractivity contribution >= 4 is 35.3 Å². The van der Waals surface area contributed by atoms with Gasteiger partial charge in [-0.05, 0) is 36.9 Å². The number of carbonyl (C=O) groups is 4. The minimum Gasteiger partial charge on any atom is -0.480 e. The molecule has 0 spiro atoms. The highest BCUT2D eigenvalue weighted by atomic mass is 16.6. The molecule has 0 aromatic heterocycles. The number of hydrogen-bond donors (Lipinski definition) is 2. The second-order valence-electron chi connectivity index (χ2n) is 12.0. The molecule has 2 aliphatic rings. The van der Waals surface area contributed by atoms with Gasteiger partial charge in [0.25, 0.3) is 0 Å². The number of hydrogen-bond acceptors (Lipinski definition) is 7. The van der Waals surface area contributed by atoms with Gasteiger partial charge in [0.05, 0.1) is 24.0 Å². The Balaban J connectivity index is 1.47. The van der Waals surface area contributed by atoms with Crippen LogP contribution < -0.4 is 5.32 Å². The molecule has 2 aliphatic heterocycles. The van der Waals surface area contributed by atoms with Crippen molar-refractivity contribution in [3.63, 3.8) is 0 Å². The van der Waals surface area contributed by atoms with Crippen LogP contribution in [0.1, 0.15) is 49.8 Å². The van der Waals surface area contributed by atoms with Gasteiger partial charge < -0.3 is 15.2 Å². The monoisotopic (exact) mass is 624 g/mol. The lowest BCUT2D eigenvalue weighted by Crippen LogP contribution is -2.40. The number of imide groups is 1. The van der Waals surface area contributed by atoms with Crippen LogP contribution in [0.5, 0.6) is 0 Å². The zero-order chi connectivity index (χ0) is 32.6. The van der Waals surface area contributed by atoms with Gasteiger partial charge in [0.1, 0.15) is 6.61 Å². The average Bonchev–Trinajstić information content (AvgIpc) is 3.70. The molecule has 0 saturated carbocycles. The van der Waals surface area contributed by atoms with Crippen LogP contribution in [0.2, 0.25) is 0 Å². The van der Waals surface area contributed by atoms with E-state index in [4.69, 9.17) is 9.73 Å². The molecule has 2 N–H and O–H groups in total. The predicted molar refractivity (Wildman–Crippen MR) is 174 cm³/mol. The van der Waals surface area contributed by atoms with Crippen molar-refractivity contribution in [3.05, 3.63) is 102 Å². The van der Waals surface area contributed by atoms with E-state index in [1.807, 2.05) is 80.6 Å². The van der Waals surface area contributed by atoms with E-state index < -0.39 is 29.9 Å². The smallest absolute Gasteiger partial charge is 0.416 e. The molecular formula is C36H40N4O6. The van der Waals surface area contributed by atoms with E-state index in [2.05, 4.69) is 22.3 Å². The van der Waals surface area contributed by atoms with Crippen LogP contribution in [0, 0.1) is 11.8 Å². The first-order chi connectivity index (χ1) is 22.2. The number of benzene rings is 3. The highest BCUT2D eigenvalue weighted by Crippen LogP contribution is 2.29. The van der Waals surface area contributed by atoms with Crippen LogP contribution in [0.25, 0.3) is 0 Å². The zero-order valence-electron chi connectivity index (χ0n) is 26.2. The normalized spacial score (nSPS) is 18.3. The van der Waals surface area contributed by atoms with Crippen molar-refractivity contribution in [1.29, 1.82) is 0 Å². The van der Waals surface area contributed by atoms with E-state index in [1.54, 1.807) is 6.07 Å². The number of nitrogens with zero attached hydrogens (tertiary/aromatic N) is 3. The number of ether oxygens (including phenoxy) is 1. The molecule has 0 radical (unpaired) electrons. The summed E-state index contributed by atoms with van der Waals surface area (Å²) in [6.45, 7) is 5.41. The quantitative estimate of drug-likeness (QED) is 0.265. The molecule has 2 saturated heterocycles. The average molecular weight is 625 g/mol. The molecule has 3 aromatic rings. The molecule has 2 heterocycles. The minimum atomic E-state index is -1.31. The van der Waals surface area contributed by atoms with Crippen LogP contribution in [-0.4, -0.2) is 76.3 Å². The van der Waals surface area contributed by atoms with Gasteiger partial charge in [0, 0.05) is 30.0 Å². The lowest BCUT2D eigenvalue weighted by Gasteiger charge is -2.27. The summed E-state index contributed by atoms with van der Waals surface area (Å²) in [5.41, 5.74) is 3.27. The molecule has 0 aliphatic carbocycles. The van der Waals surface area contributed by atoms with Crippen LogP contribution in [-0.2, 0) is 25.7 Å². The Bertz CT molecular complexity index is 1580. The maximum absolute atomic E-state index is 13.8. The van der Waals surface area contributed by atoms with Crippen molar-refractivity contribution in [2.45, 2.75) is 51.7 Å². The van der Waals surface area contributed by atoms with Crippen molar-refractivity contribution in [3.8, 4) is 0 Å². The van der Waals surface area contributed by atoms with Crippen molar-refractivity contribution in [2.24, 2.45) is 16.8 Å². The topological polar surface area (TPSA) is 129 Å². The third kappa shape index (κ3) is 7.69. The summed E-state index contributed by atoms with van der Waals surface area (Å²) < 4.78 is 4.92. The standard InChI is InChI=1S/C36H40N4O6/c1-24(2)28(22-31(41)40-20-21-46-36(40)45)33(35(43)44)38-32(26-14-7-4-8-15-26)27-16-9-10-17-29(27)37-34(42)30-18-11-19-39(30)23-25-12-5-3-6-13-25/h3-10,12-17,24,28,30,33H,11,18-23H2,1-2H3,(H,37,42)(H,43,44)/t28-,30+,33-/m1/s1. The zero-order valence-corrected chi connectivity index (χ0v) is 26.2. The van der Waals surface area contributed by atoms with Gasteiger partial charge in [-0.2, -0.15) is 0 Å². The Hall–Kier alpha value is -4.83. The fourth-order valence-corrected chi connectivity index (χ4v) is 6.16. The molecule has 0 bridgehead atoms. The Morgan fingerprint density at radius 3 is 2.28 bits per heavy atom. The highest BCUT2D eigenvalue weighted by Gasteiger charge is 2.37. The summed E-state index contributed by atoms with van der Waals surface area (Å²) in [6, 6.07) is 24.9. The molecule has 0 unspecified atom stereocenters. The number of likely N-dealkylation sites (tertiary alicyclic amines) is 1. The number of anilines is 1. The molecule has 3 amide bonds. The maximum atomic E-state index is 13.8. The Morgan fingerprint density at radius 1 is 0.957 bits per heavy atom. The lowest BCUT2D eigenvalue weighted by atomic mass is 9.85. The van der Waals surface area contributed by atoms with Gasteiger partial charge in [0.15, 0.2) is 6.04 Å². The number of rotatable bonds is 12. The Morgan fingerprint density at radius 2 is 1.63 bits per heavy atom. The van der Waals surface area contributed by atoms with Crippen molar-refractivity contribution < 1.29 is 29.0 Å². The molecule has 240 valence electrons. The molecule has 10 nitrogen and oxygen atoms in total. The summed E-state index contributed by atoms with van der Waals surface area (Å²) >= 11 is 0. The largest absolute Gasteiger partial charge is 0.480 e.